The van der Waals surface area contributed by atoms with E-state index in [4.69, 9.17) is 0 Å². The lowest BCUT2D eigenvalue weighted by atomic mass is 10.3. The van der Waals surface area contributed by atoms with Crippen LogP contribution in [-0.2, 0) is 4.79 Å². The van der Waals surface area contributed by atoms with Crippen molar-refractivity contribution in [3.05, 3.63) is 43.0 Å². The molecule has 1 rings (SSSR count). The number of para-hydroxylation sites is 1. The van der Waals surface area contributed by atoms with Gasteiger partial charge in [-0.15, -0.1) is 6.58 Å². The van der Waals surface area contributed by atoms with Crippen molar-refractivity contribution in [2.45, 2.75) is 13.0 Å². The molecule has 15 heavy (non-hydrogen) atoms. The van der Waals surface area contributed by atoms with Gasteiger partial charge in [-0.2, -0.15) is 0 Å². The number of anilines is 1. The molecule has 0 saturated heterocycles. The molecule has 1 aromatic rings. The molecule has 1 amide bonds. The molecule has 1 aromatic carbocycles. The van der Waals surface area contributed by atoms with Gasteiger partial charge < -0.3 is 10.6 Å². The number of carbonyl (C=O) groups is 1. The molecule has 1 atom stereocenters. The van der Waals surface area contributed by atoms with Gasteiger partial charge in [-0.1, -0.05) is 24.3 Å². The molecule has 0 aliphatic carbocycles. The summed E-state index contributed by atoms with van der Waals surface area (Å²) >= 11 is 0. The largest absolute Gasteiger partial charge is 0.325 e. The molecule has 0 radical (unpaired) electrons. The van der Waals surface area contributed by atoms with E-state index in [0.29, 0.717) is 6.54 Å². The second-order valence-electron chi connectivity index (χ2n) is 3.32. The fraction of sp³-hybridized carbons (Fsp3) is 0.250. The normalized spacial score (nSPS) is 11.8. The van der Waals surface area contributed by atoms with Crippen LogP contribution in [-0.4, -0.2) is 18.5 Å². The highest BCUT2D eigenvalue weighted by atomic mass is 16.1. The maximum atomic E-state index is 11.4. The average molecular weight is 204 g/mol. The third-order valence-corrected chi connectivity index (χ3v) is 2.00. The first-order valence-corrected chi connectivity index (χ1v) is 4.93. The minimum atomic E-state index is -0.0464. The zero-order chi connectivity index (χ0) is 11.1. The summed E-state index contributed by atoms with van der Waals surface area (Å²) in [5, 5.41) is 5.81. The highest BCUT2D eigenvalue weighted by Gasteiger charge is 2.02. The molecular formula is C12H16N2O. The number of amides is 1. The van der Waals surface area contributed by atoms with Crippen molar-refractivity contribution in [1.29, 1.82) is 0 Å². The zero-order valence-electron chi connectivity index (χ0n) is 8.86. The maximum absolute atomic E-state index is 11.4. The molecule has 0 aliphatic heterocycles. The Hall–Kier alpha value is -1.61. The predicted octanol–water partition coefficient (Wildman–Crippen LogP) is 1.79. The summed E-state index contributed by atoms with van der Waals surface area (Å²) in [6.07, 6.45) is 1.76. The van der Waals surface area contributed by atoms with Crippen molar-refractivity contribution < 1.29 is 4.79 Å². The second-order valence-corrected chi connectivity index (χ2v) is 3.32. The Morgan fingerprint density at radius 3 is 2.73 bits per heavy atom. The van der Waals surface area contributed by atoms with E-state index in [0.717, 1.165) is 5.69 Å². The minimum absolute atomic E-state index is 0.0464. The summed E-state index contributed by atoms with van der Waals surface area (Å²) in [6, 6.07) is 9.54. The highest BCUT2D eigenvalue weighted by Crippen LogP contribution is 2.03. The van der Waals surface area contributed by atoms with Crippen LogP contribution in [0.3, 0.4) is 0 Å². The Labute approximate surface area is 90.2 Å². The Morgan fingerprint density at radius 2 is 2.13 bits per heavy atom. The minimum Gasteiger partial charge on any atom is -0.325 e. The first-order chi connectivity index (χ1) is 7.22. The van der Waals surface area contributed by atoms with E-state index < -0.39 is 0 Å². The molecule has 3 nitrogen and oxygen atoms in total. The first kappa shape index (κ1) is 11.5. The van der Waals surface area contributed by atoms with Crippen LogP contribution in [0.25, 0.3) is 0 Å². The summed E-state index contributed by atoms with van der Waals surface area (Å²) < 4.78 is 0. The number of hydrogen-bond donors (Lipinski definition) is 2. The number of benzene rings is 1. The van der Waals surface area contributed by atoms with E-state index in [9.17, 15) is 4.79 Å². The summed E-state index contributed by atoms with van der Waals surface area (Å²) in [5.41, 5.74) is 0.815. The van der Waals surface area contributed by atoms with Crippen molar-refractivity contribution >= 4 is 11.6 Å². The second kappa shape index (κ2) is 5.98. The standard InChI is InChI=1S/C12H16N2O/c1-3-10(2)13-9-12(15)14-11-7-5-4-6-8-11/h3-8,10,13H,1,9H2,2H3,(H,14,15). The Balaban J connectivity index is 2.34. The molecule has 2 N–H and O–H groups in total. The summed E-state index contributed by atoms with van der Waals surface area (Å²) in [7, 11) is 0. The molecule has 1 unspecified atom stereocenters. The topological polar surface area (TPSA) is 41.1 Å². The monoisotopic (exact) mass is 204 g/mol. The van der Waals surface area contributed by atoms with Gasteiger partial charge in [0.2, 0.25) is 5.91 Å². The molecule has 0 spiro atoms. The Morgan fingerprint density at radius 1 is 1.47 bits per heavy atom. The number of nitrogens with one attached hydrogen (secondary N) is 2. The fourth-order valence-corrected chi connectivity index (χ4v) is 1.06. The van der Waals surface area contributed by atoms with E-state index in [1.54, 1.807) is 6.08 Å². The van der Waals surface area contributed by atoms with Crippen LogP contribution in [0.15, 0.2) is 43.0 Å². The fourth-order valence-electron chi connectivity index (χ4n) is 1.06. The van der Waals surface area contributed by atoms with E-state index in [1.807, 2.05) is 37.3 Å². The third kappa shape index (κ3) is 4.42. The molecule has 80 valence electrons. The molecule has 0 fully saturated rings. The van der Waals surface area contributed by atoms with Gasteiger partial charge in [0.05, 0.1) is 6.54 Å². The van der Waals surface area contributed by atoms with E-state index in [-0.39, 0.29) is 11.9 Å². The summed E-state index contributed by atoms with van der Waals surface area (Å²) in [5.74, 6) is -0.0464. The van der Waals surface area contributed by atoms with E-state index >= 15 is 0 Å². The highest BCUT2D eigenvalue weighted by molar-refractivity contribution is 5.92. The van der Waals surface area contributed by atoms with Crippen LogP contribution in [0.4, 0.5) is 5.69 Å². The van der Waals surface area contributed by atoms with E-state index in [1.165, 1.54) is 0 Å². The van der Waals surface area contributed by atoms with Gasteiger partial charge in [0.25, 0.3) is 0 Å². The van der Waals surface area contributed by atoms with Crippen LogP contribution in [0.5, 0.6) is 0 Å². The van der Waals surface area contributed by atoms with Crippen LogP contribution >= 0.6 is 0 Å². The Kier molecular flexibility index (Phi) is 4.57. The van der Waals surface area contributed by atoms with Crippen molar-refractivity contribution in [2.75, 3.05) is 11.9 Å². The maximum Gasteiger partial charge on any atom is 0.238 e. The number of carbonyl (C=O) groups excluding carboxylic acids is 1. The van der Waals surface area contributed by atoms with Gasteiger partial charge in [-0.3, -0.25) is 4.79 Å². The molecular weight excluding hydrogens is 188 g/mol. The van der Waals surface area contributed by atoms with Crippen LogP contribution in [0.1, 0.15) is 6.92 Å². The predicted molar refractivity (Wildman–Crippen MR) is 62.7 cm³/mol. The van der Waals surface area contributed by atoms with Gasteiger partial charge in [0.1, 0.15) is 0 Å². The van der Waals surface area contributed by atoms with Crippen LogP contribution < -0.4 is 10.6 Å². The van der Waals surface area contributed by atoms with Gasteiger partial charge in [0, 0.05) is 11.7 Å². The van der Waals surface area contributed by atoms with Crippen LogP contribution in [0.2, 0.25) is 0 Å². The molecule has 0 saturated carbocycles. The van der Waals surface area contributed by atoms with E-state index in [2.05, 4.69) is 17.2 Å². The van der Waals surface area contributed by atoms with Gasteiger partial charge in [0.15, 0.2) is 0 Å². The quantitative estimate of drug-likeness (QED) is 0.718. The SMILES string of the molecule is C=CC(C)NCC(=O)Nc1ccccc1. The van der Waals surface area contributed by atoms with Gasteiger partial charge in [-0.05, 0) is 19.1 Å². The zero-order valence-corrected chi connectivity index (χ0v) is 8.86. The molecule has 0 bridgehead atoms. The van der Waals surface area contributed by atoms with Crippen molar-refractivity contribution in [3.63, 3.8) is 0 Å². The van der Waals surface area contributed by atoms with Crippen molar-refractivity contribution in [2.24, 2.45) is 0 Å². The molecule has 0 heterocycles. The molecule has 0 aromatic heterocycles. The van der Waals surface area contributed by atoms with Gasteiger partial charge >= 0.3 is 0 Å². The summed E-state index contributed by atoms with van der Waals surface area (Å²) in [6.45, 7) is 5.87. The number of rotatable bonds is 5. The lowest BCUT2D eigenvalue weighted by molar-refractivity contribution is -0.115. The van der Waals surface area contributed by atoms with Crippen molar-refractivity contribution in [3.8, 4) is 0 Å². The van der Waals surface area contributed by atoms with Gasteiger partial charge in [-0.25, -0.2) is 0 Å². The first-order valence-electron chi connectivity index (χ1n) is 4.93. The summed E-state index contributed by atoms with van der Waals surface area (Å²) in [4.78, 5) is 11.4. The molecule has 0 aliphatic rings. The smallest absolute Gasteiger partial charge is 0.238 e. The van der Waals surface area contributed by atoms with Crippen molar-refractivity contribution in [1.82, 2.24) is 5.32 Å². The Bertz CT molecular complexity index is 322. The lowest BCUT2D eigenvalue weighted by Gasteiger charge is -2.09. The lowest BCUT2D eigenvalue weighted by Crippen LogP contribution is -2.33. The number of hydrogen-bond acceptors (Lipinski definition) is 2. The third-order valence-electron chi connectivity index (χ3n) is 2.00. The average Bonchev–Trinajstić information content (AvgIpc) is 2.27. The molecule has 3 heteroatoms. The van der Waals surface area contributed by atoms with Crippen LogP contribution in [0, 0.1) is 0 Å².